The predicted molar refractivity (Wildman–Crippen MR) is 109 cm³/mol. The average Bonchev–Trinajstić information content (AvgIpc) is 3.06. The lowest BCUT2D eigenvalue weighted by Crippen LogP contribution is -2.17. The third-order valence-corrected chi connectivity index (χ3v) is 7.03. The number of aromatic nitrogens is 2. The third kappa shape index (κ3) is 3.67. The van der Waals surface area contributed by atoms with Gasteiger partial charge in [-0.1, -0.05) is 18.2 Å². The topological polar surface area (TPSA) is 64.0 Å². The van der Waals surface area contributed by atoms with Crippen LogP contribution in [0.1, 0.15) is 33.4 Å². The minimum absolute atomic E-state index is 0.217. The number of halogens is 1. The maximum Gasteiger partial charge on any atom is 0.262 e. The number of hydrogen-bond acceptors (Lipinski definition) is 3. The molecule has 0 aliphatic heterocycles. The summed E-state index contributed by atoms with van der Waals surface area (Å²) in [5.74, 6) is -0.322. The summed E-state index contributed by atoms with van der Waals surface area (Å²) in [5, 5.41) is 4.15. The van der Waals surface area contributed by atoms with E-state index in [1.807, 2.05) is 34.6 Å². The van der Waals surface area contributed by atoms with Gasteiger partial charge in [0, 0.05) is 11.8 Å². The number of sulfonamides is 1. The van der Waals surface area contributed by atoms with E-state index in [1.165, 1.54) is 16.9 Å². The van der Waals surface area contributed by atoms with E-state index >= 15 is 0 Å². The summed E-state index contributed by atoms with van der Waals surface area (Å²) < 4.78 is 44.1. The molecule has 0 saturated carbocycles. The lowest BCUT2D eigenvalue weighted by Gasteiger charge is -2.19. The summed E-state index contributed by atoms with van der Waals surface area (Å²) in [4.78, 5) is 0.301. The van der Waals surface area contributed by atoms with Crippen molar-refractivity contribution < 1.29 is 12.8 Å². The van der Waals surface area contributed by atoms with E-state index < -0.39 is 10.0 Å². The van der Waals surface area contributed by atoms with Crippen molar-refractivity contribution in [2.45, 2.75) is 46.1 Å². The van der Waals surface area contributed by atoms with Crippen molar-refractivity contribution in [2.75, 3.05) is 4.72 Å². The van der Waals surface area contributed by atoms with Crippen LogP contribution < -0.4 is 4.72 Å². The van der Waals surface area contributed by atoms with E-state index in [0.717, 1.165) is 27.8 Å². The van der Waals surface area contributed by atoms with Gasteiger partial charge in [0.25, 0.3) is 10.0 Å². The molecule has 1 N–H and O–H groups in total. The van der Waals surface area contributed by atoms with Crippen molar-refractivity contribution in [1.29, 1.82) is 0 Å². The smallest absolute Gasteiger partial charge is 0.262 e. The van der Waals surface area contributed by atoms with Gasteiger partial charge in [-0.25, -0.2) is 12.8 Å². The Morgan fingerprint density at radius 1 is 0.964 bits per heavy atom. The summed E-state index contributed by atoms with van der Waals surface area (Å²) in [6.45, 7) is 9.73. The predicted octanol–water partition coefficient (Wildman–Crippen LogP) is 4.41. The molecular formula is C21H24FN3O2S. The van der Waals surface area contributed by atoms with E-state index in [4.69, 9.17) is 0 Å². The van der Waals surface area contributed by atoms with Gasteiger partial charge in [-0.05, 0) is 68.5 Å². The highest BCUT2D eigenvalue weighted by atomic mass is 32.2. The van der Waals surface area contributed by atoms with Gasteiger partial charge in [-0.15, -0.1) is 0 Å². The highest BCUT2D eigenvalue weighted by molar-refractivity contribution is 7.92. The Balaban J connectivity index is 1.91. The Labute approximate surface area is 165 Å². The highest BCUT2D eigenvalue weighted by Gasteiger charge is 2.24. The zero-order valence-electron chi connectivity index (χ0n) is 16.7. The molecule has 28 heavy (non-hydrogen) atoms. The van der Waals surface area contributed by atoms with Crippen LogP contribution >= 0.6 is 0 Å². The van der Waals surface area contributed by atoms with Crippen LogP contribution in [-0.4, -0.2) is 18.2 Å². The van der Waals surface area contributed by atoms with E-state index in [1.54, 1.807) is 24.4 Å². The van der Waals surface area contributed by atoms with Gasteiger partial charge < -0.3 is 0 Å². The van der Waals surface area contributed by atoms with E-state index in [9.17, 15) is 12.8 Å². The number of hydrogen-bond donors (Lipinski definition) is 1. The van der Waals surface area contributed by atoms with Crippen LogP contribution in [0.3, 0.4) is 0 Å². The molecule has 0 radical (unpaired) electrons. The van der Waals surface area contributed by atoms with Crippen LogP contribution in [0.15, 0.2) is 41.6 Å². The monoisotopic (exact) mass is 401 g/mol. The molecule has 3 rings (SSSR count). The molecular weight excluding hydrogens is 377 g/mol. The Morgan fingerprint density at radius 3 is 2.14 bits per heavy atom. The molecule has 1 aromatic heterocycles. The van der Waals surface area contributed by atoms with Crippen LogP contribution in [0.25, 0.3) is 0 Å². The maximum absolute atomic E-state index is 13.8. The molecule has 1 heterocycles. The minimum atomic E-state index is -3.78. The molecule has 0 unspecified atom stereocenters. The van der Waals surface area contributed by atoms with Gasteiger partial charge in [0.1, 0.15) is 5.82 Å². The molecule has 2 aromatic carbocycles. The number of benzene rings is 2. The van der Waals surface area contributed by atoms with E-state index in [0.29, 0.717) is 16.1 Å². The first kappa shape index (κ1) is 20.1. The first-order chi connectivity index (χ1) is 13.1. The fourth-order valence-corrected chi connectivity index (χ4v) is 5.01. The van der Waals surface area contributed by atoms with Crippen LogP contribution in [0.5, 0.6) is 0 Å². The molecule has 148 valence electrons. The summed E-state index contributed by atoms with van der Waals surface area (Å²) in [5.41, 5.74) is 5.35. The van der Waals surface area contributed by atoms with E-state index in [-0.39, 0.29) is 12.4 Å². The van der Waals surface area contributed by atoms with Crippen LogP contribution in [0.2, 0.25) is 0 Å². The Kier molecular flexibility index (Phi) is 5.30. The molecule has 3 aromatic rings. The standard InChI is InChI=1S/C21H24FN3O2S/c1-13-14(2)16(4)21(17(5)15(13)3)28(26,27)24-19-10-23-25(12-19)11-18-8-6-7-9-20(18)22/h6-10,12,24H,11H2,1-5H3. The average molecular weight is 402 g/mol. The summed E-state index contributed by atoms with van der Waals surface area (Å²) in [7, 11) is -3.78. The molecule has 0 spiro atoms. The molecule has 0 atom stereocenters. The van der Waals surface area contributed by atoms with Crippen LogP contribution in [0, 0.1) is 40.4 Å². The first-order valence-electron chi connectivity index (χ1n) is 8.97. The number of rotatable bonds is 5. The van der Waals surface area contributed by atoms with Crippen molar-refractivity contribution in [3.05, 3.63) is 75.9 Å². The molecule has 0 fully saturated rings. The normalized spacial score (nSPS) is 11.6. The van der Waals surface area contributed by atoms with Crippen molar-refractivity contribution in [3.63, 3.8) is 0 Å². The first-order valence-corrected chi connectivity index (χ1v) is 10.5. The van der Waals surface area contributed by atoms with Crippen LogP contribution in [-0.2, 0) is 16.6 Å². The molecule has 0 saturated heterocycles. The van der Waals surface area contributed by atoms with Gasteiger partial charge in [0.2, 0.25) is 0 Å². The molecule has 5 nitrogen and oxygen atoms in total. The van der Waals surface area contributed by atoms with Gasteiger partial charge in [-0.2, -0.15) is 5.10 Å². The molecule has 0 bridgehead atoms. The number of nitrogens with one attached hydrogen (secondary N) is 1. The summed E-state index contributed by atoms with van der Waals surface area (Å²) in [6.07, 6.45) is 2.99. The quantitative estimate of drug-likeness (QED) is 0.689. The van der Waals surface area contributed by atoms with Gasteiger partial charge in [-0.3, -0.25) is 9.40 Å². The summed E-state index contributed by atoms with van der Waals surface area (Å²) >= 11 is 0. The SMILES string of the molecule is Cc1c(C)c(C)c(S(=O)(=O)Nc2cnn(Cc3ccccc3F)c2)c(C)c1C. The lowest BCUT2D eigenvalue weighted by molar-refractivity contribution is 0.585. The number of nitrogens with zero attached hydrogens (tertiary/aromatic N) is 2. The second kappa shape index (κ2) is 7.39. The van der Waals surface area contributed by atoms with Gasteiger partial charge in [0.15, 0.2) is 0 Å². The van der Waals surface area contributed by atoms with Gasteiger partial charge >= 0.3 is 0 Å². The lowest BCUT2D eigenvalue weighted by atomic mass is 9.95. The fourth-order valence-electron chi connectivity index (χ4n) is 3.38. The Bertz CT molecular complexity index is 1120. The maximum atomic E-state index is 13.8. The second-order valence-corrected chi connectivity index (χ2v) is 8.70. The van der Waals surface area contributed by atoms with Crippen LogP contribution in [0.4, 0.5) is 10.1 Å². The zero-order chi connectivity index (χ0) is 20.6. The second-order valence-electron chi connectivity index (χ2n) is 7.08. The molecule has 0 aliphatic rings. The zero-order valence-corrected chi connectivity index (χ0v) is 17.5. The van der Waals surface area contributed by atoms with Crippen molar-refractivity contribution in [2.24, 2.45) is 0 Å². The van der Waals surface area contributed by atoms with E-state index in [2.05, 4.69) is 9.82 Å². The van der Waals surface area contributed by atoms with Crippen molar-refractivity contribution >= 4 is 15.7 Å². The minimum Gasteiger partial charge on any atom is -0.276 e. The Hall–Kier alpha value is -2.67. The summed E-state index contributed by atoms with van der Waals surface area (Å²) in [6, 6.07) is 6.43. The van der Waals surface area contributed by atoms with Gasteiger partial charge in [0.05, 0.1) is 23.3 Å². The number of anilines is 1. The highest BCUT2D eigenvalue weighted by Crippen LogP contribution is 2.30. The molecule has 0 aliphatic carbocycles. The van der Waals surface area contributed by atoms with Crippen molar-refractivity contribution in [3.8, 4) is 0 Å². The Morgan fingerprint density at radius 2 is 1.54 bits per heavy atom. The largest absolute Gasteiger partial charge is 0.276 e. The third-order valence-electron chi connectivity index (χ3n) is 5.38. The van der Waals surface area contributed by atoms with Crippen molar-refractivity contribution in [1.82, 2.24) is 9.78 Å². The fraction of sp³-hybridized carbons (Fsp3) is 0.286. The molecule has 7 heteroatoms. The molecule has 0 amide bonds.